The number of aryl methyl sites for hydroxylation is 1. The van der Waals surface area contributed by atoms with Crippen molar-refractivity contribution in [2.75, 3.05) is 31.2 Å². The third kappa shape index (κ3) is 2.27. The predicted molar refractivity (Wildman–Crippen MR) is 72.8 cm³/mol. The molecule has 4 nitrogen and oxygen atoms in total. The van der Waals surface area contributed by atoms with Crippen LogP contribution in [0.4, 0.5) is 5.82 Å². The second-order valence-electron chi connectivity index (χ2n) is 4.89. The molecule has 0 N–H and O–H groups in total. The fourth-order valence-corrected chi connectivity index (χ4v) is 2.78. The van der Waals surface area contributed by atoms with Crippen LogP contribution in [0, 0.1) is 6.92 Å². The number of nitrogens with zero attached hydrogens (tertiary/aromatic N) is 2. The lowest BCUT2D eigenvalue weighted by Gasteiger charge is -2.38. The molecule has 1 aromatic heterocycles. The standard InChI is InChI=1S/C13H17BrN2O2/c1-10-8-12(15-9-11(10)14)16-4-2-13(3-5-16)17-6-7-18-13/h8-9H,2-7H2,1H3. The first-order valence-corrected chi connectivity index (χ1v) is 7.13. The van der Waals surface area contributed by atoms with Crippen molar-refractivity contribution in [2.24, 2.45) is 0 Å². The molecule has 0 amide bonds. The van der Waals surface area contributed by atoms with Crippen LogP contribution in [0.15, 0.2) is 16.7 Å². The van der Waals surface area contributed by atoms with Crippen molar-refractivity contribution in [1.82, 2.24) is 4.98 Å². The van der Waals surface area contributed by atoms with Gasteiger partial charge < -0.3 is 14.4 Å². The summed E-state index contributed by atoms with van der Waals surface area (Å²) >= 11 is 3.48. The Labute approximate surface area is 115 Å². The van der Waals surface area contributed by atoms with Crippen molar-refractivity contribution in [3.63, 3.8) is 0 Å². The molecular weight excluding hydrogens is 296 g/mol. The van der Waals surface area contributed by atoms with E-state index in [4.69, 9.17) is 9.47 Å². The fourth-order valence-electron chi connectivity index (χ4n) is 2.56. The third-order valence-corrected chi connectivity index (χ3v) is 4.53. The number of ether oxygens (including phenoxy) is 2. The average molecular weight is 313 g/mol. The monoisotopic (exact) mass is 312 g/mol. The van der Waals surface area contributed by atoms with E-state index in [1.54, 1.807) is 0 Å². The number of halogens is 1. The Morgan fingerprint density at radius 2 is 1.94 bits per heavy atom. The normalized spacial score (nSPS) is 22.7. The number of hydrogen-bond acceptors (Lipinski definition) is 4. The fraction of sp³-hybridized carbons (Fsp3) is 0.615. The van der Waals surface area contributed by atoms with E-state index in [1.807, 2.05) is 6.20 Å². The molecule has 98 valence electrons. The van der Waals surface area contributed by atoms with Gasteiger partial charge in [0.2, 0.25) is 0 Å². The molecule has 0 radical (unpaired) electrons. The van der Waals surface area contributed by atoms with Crippen molar-refractivity contribution < 1.29 is 9.47 Å². The zero-order valence-corrected chi connectivity index (χ0v) is 12.1. The van der Waals surface area contributed by atoms with Gasteiger partial charge in [0, 0.05) is 36.6 Å². The molecule has 2 saturated heterocycles. The summed E-state index contributed by atoms with van der Waals surface area (Å²) in [4.78, 5) is 6.78. The van der Waals surface area contributed by atoms with Crippen LogP contribution in [-0.4, -0.2) is 37.1 Å². The van der Waals surface area contributed by atoms with Gasteiger partial charge in [-0.3, -0.25) is 0 Å². The summed E-state index contributed by atoms with van der Waals surface area (Å²) in [6.45, 7) is 5.43. The molecule has 0 atom stereocenters. The maximum atomic E-state index is 5.73. The van der Waals surface area contributed by atoms with E-state index in [2.05, 4.69) is 38.8 Å². The minimum Gasteiger partial charge on any atom is -0.356 e. The highest BCUT2D eigenvalue weighted by Gasteiger charge is 2.39. The van der Waals surface area contributed by atoms with E-state index in [1.165, 1.54) is 5.56 Å². The van der Waals surface area contributed by atoms with Gasteiger partial charge in [-0.1, -0.05) is 0 Å². The predicted octanol–water partition coefficient (Wildman–Crippen LogP) is 2.50. The van der Waals surface area contributed by atoms with Gasteiger partial charge in [0.05, 0.1) is 13.2 Å². The number of anilines is 1. The molecule has 5 heteroatoms. The zero-order valence-electron chi connectivity index (χ0n) is 10.5. The summed E-state index contributed by atoms with van der Waals surface area (Å²) in [6.07, 6.45) is 3.71. The summed E-state index contributed by atoms with van der Waals surface area (Å²) < 4.78 is 12.5. The first-order valence-electron chi connectivity index (χ1n) is 6.34. The maximum absolute atomic E-state index is 5.73. The van der Waals surface area contributed by atoms with Crippen LogP contribution in [-0.2, 0) is 9.47 Å². The summed E-state index contributed by atoms with van der Waals surface area (Å²) in [5.74, 6) is 0.740. The number of piperidine rings is 1. The number of rotatable bonds is 1. The summed E-state index contributed by atoms with van der Waals surface area (Å²) in [5.41, 5.74) is 1.22. The van der Waals surface area contributed by atoms with E-state index in [9.17, 15) is 0 Å². The topological polar surface area (TPSA) is 34.6 Å². The smallest absolute Gasteiger partial charge is 0.171 e. The van der Waals surface area contributed by atoms with Crippen LogP contribution >= 0.6 is 15.9 Å². The molecule has 2 aliphatic heterocycles. The highest BCUT2D eigenvalue weighted by molar-refractivity contribution is 9.10. The van der Waals surface area contributed by atoms with Gasteiger partial charge in [-0.25, -0.2) is 4.98 Å². The van der Waals surface area contributed by atoms with Crippen LogP contribution in [0.3, 0.4) is 0 Å². The molecule has 18 heavy (non-hydrogen) atoms. The highest BCUT2D eigenvalue weighted by Crippen LogP contribution is 2.33. The van der Waals surface area contributed by atoms with Crippen LogP contribution in [0.1, 0.15) is 18.4 Å². The van der Waals surface area contributed by atoms with Gasteiger partial charge in [0.1, 0.15) is 5.82 Å². The molecule has 1 aromatic rings. The Morgan fingerprint density at radius 1 is 1.28 bits per heavy atom. The molecular formula is C13H17BrN2O2. The zero-order chi connectivity index (χ0) is 12.6. The van der Waals surface area contributed by atoms with Crippen LogP contribution in [0.25, 0.3) is 0 Å². The first-order chi connectivity index (χ1) is 8.69. The largest absolute Gasteiger partial charge is 0.356 e. The van der Waals surface area contributed by atoms with Crippen LogP contribution < -0.4 is 4.90 Å². The number of hydrogen-bond donors (Lipinski definition) is 0. The van der Waals surface area contributed by atoms with Gasteiger partial charge >= 0.3 is 0 Å². The van der Waals surface area contributed by atoms with E-state index in [-0.39, 0.29) is 5.79 Å². The molecule has 0 unspecified atom stereocenters. The van der Waals surface area contributed by atoms with Crippen molar-refractivity contribution >= 4 is 21.7 Å². The molecule has 0 saturated carbocycles. The van der Waals surface area contributed by atoms with Crippen molar-refractivity contribution in [3.05, 3.63) is 22.3 Å². The van der Waals surface area contributed by atoms with Gasteiger partial charge in [0.25, 0.3) is 0 Å². The van der Waals surface area contributed by atoms with E-state index < -0.39 is 0 Å². The van der Waals surface area contributed by atoms with Crippen LogP contribution in [0.2, 0.25) is 0 Å². The Hall–Kier alpha value is -0.650. The molecule has 0 aliphatic carbocycles. The van der Waals surface area contributed by atoms with E-state index >= 15 is 0 Å². The lowest BCUT2D eigenvalue weighted by Crippen LogP contribution is -2.45. The first kappa shape index (κ1) is 12.4. The van der Waals surface area contributed by atoms with Gasteiger partial charge in [-0.05, 0) is 34.5 Å². The third-order valence-electron chi connectivity index (χ3n) is 3.70. The summed E-state index contributed by atoms with van der Waals surface area (Å²) in [6, 6.07) is 2.12. The molecule has 0 aromatic carbocycles. The maximum Gasteiger partial charge on any atom is 0.171 e. The Balaban J connectivity index is 1.70. The molecule has 1 spiro atoms. The van der Waals surface area contributed by atoms with Gasteiger partial charge in [-0.2, -0.15) is 0 Å². The Kier molecular flexibility index (Phi) is 3.30. The summed E-state index contributed by atoms with van der Waals surface area (Å²) in [7, 11) is 0. The minimum absolute atomic E-state index is 0.305. The lowest BCUT2D eigenvalue weighted by atomic mass is 10.0. The van der Waals surface area contributed by atoms with Crippen molar-refractivity contribution in [3.8, 4) is 0 Å². The number of aromatic nitrogens is 1. The molecule has 3 rings (SSSR count). The van der Waals surface area contributed by atoms with E-state index in [0.29, 0.717) is 0 Å². The number of pyridine rings is 1. The lowest BCUT2D eigenvalue weighted by molar-refractivity contribution is -0.169. The Morgan fingerprint density at radius 3 is 2.56 bits per heavy atom. The highest BCUT2D eigenvalue weighted by atomic mass is 79.9. The second-order valence-corrected chi connectivity index (χ2v) is 5.74. The second kappa shape index (κ2) is 4.79. The molecule has 2 aliphatic rings. The molecule has 3 heterocycles. The molecule has 2 fully saturated rings. The van der Waals surface area contributed by atoms with Crippen LogP contribution in [0.5, 0.6) is 0 Å². The van der Waals surface area contributed by atoms with E-state index in [0.717, 1.165) is 49.4 Å². The van der Waals surface area contributed by atoms with Crippen molar-refractivity contribution in [1.29, 1.82) is 0 Å². The average Bonchev–Trinajstić information content (AvgIpc) is 2.82. The quantitative estimate of drug-likeness (QED) is 0.798. The summed E-state index contributed by atoms with van der Waals surface area (Å²) in [5, 5.41) is 0. The van der Waals surface area contributed by atoms with Gasteiger partial charge in [-0.15, -0.1) is 0 Å². The minimum atomic E-state index is -0.305. The SMILES string of the molecule is Cc1cc(N2CCC3(CC2)OCCO3)ncc1Br. The van der Waals surface area contributed by atoms with Gasteiger partial charge in [0.15, 0.2) is 5.79 Å². The Bertz CT molecular complexity index is 437. The molecule has 0 bridgehead atoms. The van der Waals surface area contributed by atoms with Crippen molar-refractivity contribution in [2.45, 2.75) is 25.6 Å².